The van der Waals surface area contributed by atoms with Crippen LogP contribution in [0.1, 0.15) is 36.8 Å². The van der Waals surface area contributed by atoms with Crippen LogP contribution in [0.15, 0.2) is 12.3 Å². The van der Waals surface area contributed by atoms with Crippen molar-refractivity contribution >= 4 is 22.8 Å². The molecule has 1 fully saturated rings. The average Bonchev–Trinajstić information content (AvgIpc) is 3.31. The number of hydrogen-bond donors (Lipinski definition) is 2. The Morgan fingerprint density at radius 2 is 2.12 bits per heavy atom. The lowest BCUT2D eigenvalue weighted by Gasteiger charge is -2.32. The molecule has 0 bridgehead atoms. The van der Waals surface area contributed by atoms with Crippen LogP contribution in [-0.2, 0) is 13.0 Å². The summed E-state index contributed by atoms with van der Waals surface area (Å²) in [5, 5.41) is 8.82. The number of H-pyrrole nitrogens is 1. The van der Waals surface area contributed by atoms with Crippen LogP contribution in [0.25, 0.3) is 11.0 Å². The smallest absolute Gasteiger partial charge is 0.228 e. The molecule has 0 aliphatic carbocycles. The number of fused-ring (bicyclic) bond motifs is 2. The van der Waals surface area contributed by atoms with Crippen LogP contribution in [-0.4, -0.2) is 42.8 Å². The van der Waals surface area contributed by atoms with Gasteiger partial charge in [0.1, 0.15) is 17.2 Å². The standard InChI is InChI=1S/C16H20N8/c17-14-13-11(5-6-18-13)19-16(20-14)23-7-1-3-10(9-23)15-22-21-12-4-2-8-24(12)15/h5-6,10,18H,1-4,7-9H2,(H2,17,19,20). The van der Waals surface area contributed by atoms with Crippen LogP contribution >= 0.6 is 0 Å². The Morgan fingerprint density at radius 3 is 3.08 bits per heavy atom. The van der Waals surface area contributed by atoms with Crippen LogP contribution in [0.3, 0.4) is 0 Å². The van der Waals surface area contributed by atoms with E-state index in [1.165, 1.54) is 6.42 Å². The number of aromatic nitrogens is 6. The van der Waals surface area contributed by atoms with E-state index in [4.69, 9.17) is 5.73 Å². The maximum atomic E-state index is 6.08. The zero-order valence-electron chi connectivity index (χ0n) is 13.4. The van der Waals surface area contributed by atoms with Crippen molar-refractivity contribution in [1.82, 2.24) is 29.7 Å². The van der Waals surface area contributed by atoms with Crippen molar-refractivity contribution in [2.24, 2.45) is 0 Å². The molecular formula is C16H20N8. The third-order valence-electron chi connectivity index (χ3n) is 5.13. The first-order valence-corrected chi connectivity index (χ1v) is 8.57. The second-order valence-corrected chi connectivity index (χ2v) is 6.66. The highest BCUT2D eigenvalue weighted by atomic mass is 15.3. The fraction of sp³-hybridized carbons (Fsp3) is 0.500. The maximum Gasteiger partial charge on any atom is 0.228 e. The molecule has 5 heterocycles. The first kappa shape index (κ1) is 13.8. The highest BCUT2D eigenvalue weighted by molar-refractivity contribution is 5.85. The lowest BCUT2D eigenvalue weighted by molar-refractivity contribution is 0.469. The Bertz CT molecular complexity index is 895. The number of aryl methyl sites for hydroxylation is 1. The molecule has 1 unspecified atom stereocenters. The molecule has 1 saturated heterocycles. The van der Waals surface area contributed by atoms with E-state index in [-0.39, 0.29) is 0 Å². The molecule has 0 radical (unpaired) electrons. The minimum absolute atomic E-state index is 0.379. The van der Waals surface area contributed by atoms with E-state index in [1.54, 1.807) is 0 Å². The van der Waals surface area contributed by atoms with Gasteiger partial charge in [-0.3, -0.25) is 0 Å². The molecule has 1 atom stereocenters. The van der Waals surface area contributed by atoms with Gasteiger partial charge < -0.3 is 20.2 Å². The van der Waals surface area contributed by atoms with E-state index in [0.717, 1.165) is 61.6 Å². The summed E-state index contributed by atoms with van der Waals surface area (Å²) in [6.07, 6.45) is 6.31. The van der Waals surface area contributed by atoms with E-state index in [2.05, 4.69) is 34.6 Å². The topological polar surface area (TPSA) is 102 Å². The monoisotopic (exact) mass is 324 g/mol. The molecule has 3 aromatic rings. The Labute approximate surface area is 139 Å². The lowest BCUT2D eigenvalue weighted by Crippen LogP contribution is -2.36. The van der Waals surface area contributed by atoms with E-state index in [1.807, 2.05) is 12.3 Å². The number of nitrogens with one attached hydrogen (secondary N) is 1. The summed E-state index contributed by atoms with van der Waals surface area (Å²) in [7, 11) is 0. The molecule has 0 amide bonds. The van der Waals surface area contributed by atoms with Crippen molar-refractivity contribution in [3.8, 4) is 0 Å². The normalized spacial score (nSPS) is 20.7. The quantitative estimate of drug-likeness (QED) is 0.740. The van der Waals surface area contributed by atoms with E-state index in [0.29, 0.717) is 17.7 Å². The second-order valence-electron chi connectivity index (χ2n) is 6.66. The van der Waals surface area contributed by atoms with Gasteiger partial charge in [0.25, 0.3) is 0 Å². The van der Waals surface area contributed by atoms with Crippen LogP contribution in [0.2, 0.25) is 0 Å². The molecule has 0 saturated carbocycles. The molecule has 124 valence electrons. The molecule has 0 spiro atoms. The molecule has 3 aromatic heterocycles. The minimum atomic E-state index is 0.379. The first-order valence-electron chi connectivity index (χ1n) is 8.57. The molecule has 2 aliphatic rings. The van der Waals surface area contributed by atoms with Gasteiger partial charge in [0.15, 0.2) is 5.82 Å². The van der Waals surface area contributed by atoms with Crippen molar-refractivity contribution in [2.75, 3.05) is 23.7 Å². The molecule has 3 N–H and O–H groups in total. The van der Waals surface area contributed by atoms with Crippen LogP contribution in [0.5, 0.6) is 0 Å². The lowest BCUT2D eigenvalue weighted by atomic mass is 9.97. The largest absolute Gasteiger partial charge is 0.382 e. The van der Waals surface area contributed by atoms with E-state index >= 15 is 0 Å². The van der Waals surface area contributed by atoms with Crippen LogP contribution in [0.4, 0.5) is 11.8 Å². The van der Waals surface area contributed by atoms with Crippen LogP contribution in [0, 0.1) is 0 Å². The highest BCUT2D eigenvalue weighted by Crippen LogP contribution is 2.30. The molecule has 8 nitrogen and oxygen atoms in total. The van der Waals surface area contributed by atoms with Crippen molar-refractivity contribution in [2.45, 2.75) is 38.1 Å². The molecule has 2 aliphatic heterocycles. The Morgan fingerprint density at radius 1 is 1.17 bits per heavy atom. The summed E-state index contributed by atoms with van der Waals surface area (Å²) in [6.45, 7) is 2.87. The van der Waals surface area contributed by atoms with Crippen LogP contribution < -0.4 is 10.6 Å². The molecule has 24 heavy (non-hydrogen) atoms. The summed E-state index contributed by atoms with van der Waals surface area (Å²) in [4.78, 5) is 14.5. The van der Waals surface area contributed by atoms with Gasteiger partial charge in [-0.15, -0.1) is 10.2 Å². The van der Waals surface area contributed by atoms with Crippen molar-refractivity contribution in [3.63, 3.8) is 0 Å². The van der Waals surface area contributed by atoms with Gasteiger partial charge in [0.2, 0.25) is 5.95 Å². The van der Waals surface area contributed by atoms with E-state index in [9.17, 15) is 0 Å². The molecule has 0 aromatic carbocycles. The fourth-order valence-corrected chi connectivity index (χ4v) is 3.94. The third-order valence-corrected chi connectivity index (χ3v) is 5.13. The van der Waals surface area contributed by atoms with E-state index < -0.39 is 0 Å². The summed E-state index contributed by atoms with van der Waals surface area (Å²) < 4.78 is 2.30. The summed E-state index contributed by atoms with van der Waals surface area (Å²) >= 11 is 0. The number of piperidine rings is 1. The fourth-order valence-electron chi connectivity index (χ4n) is 3.94. The van der Waals surface area contributed by atoms with Crippen molar-refractivity contribution < 1.29 is 0 Å². The van der Waals surface area contributed by atoms with Crippen molar-refractivity contribution in [3.05, 3.63) is 23.9 Å². The summed E-state index contributed by atoms with van der Waals surface area (Å²) in [5.41, 5.74) is 7.75. The molecule has 5 rings (SSSR count). The number of nitrogens with two attached hydrogens (primary N) is 1. The third kappa shape index (κ3) is 2.05. The Hall–Kier alpha value is -2.64. The highest BCUT2D eigenvalue weighted by Gasteiger charge is 2.29. The second kappa shape index (κ2) is 5.19. The van der Waals surface area contributed by atoms with Gasteiger partial charge in [-0.05, 0) is 25.3 Å². The number of hydrogen-bond acceptors (Lipinski definition) is 6. The SMILES string of the molecule is Nc1nc(N2CCCC(c3nnc4n3CCC4)C2)nc2cc[nH]c12. The number of nitrogen functional groups attached to an aromatic ring is 1. The summed E-state index contributed by atoms with van der Waals surface area (Å²) in [5.74, 6) is 3.86. The zero-order valence-corrected chi connectivity index (χ0v) is 13.4. The number of anilines is 2. The number of rotatable bonds is 2. The van der Waals surface area contributed by atoms with Gasteiger partial charge in [-0.25, -0.2) is 4.98 Å². The minimum Gasteiger partial charge on any atom is -0.382 e. The number of aromatic amines is 1. The maximum absolute atomic E-state index is 6.08. The first-order chi connectivity index (χ1) is 11.8. The Balaban J connectivity index is 1.46. The predicted octanol–water partition coefficient (Wildman–Crippen LogP) is 1.46. The van der Waals surface area contributed by atoms with Gasteiger partial charge in [0, 0.05) is 38.2 Å². The molecule has 8 heteroatoms. The Kier molecular flexibility index (Phi) is 2.97. The van der Waals surface area contributed by atoms with Gasteiger partial charge in [0.05, 0.1) is 5.52 Å². The molecular weight excluding hydrogens is 304 g/mol. The van der Waals surface area contributed by atoms with Gasteiger partial charge in [-0.1, -0.05) is 0 Å². The predicted molar refractivity (Wildman–Crippen MR) is 90.8 cm³/mol. The zero-order chi connectivity index (χ0) is 16.1. The van der Waals surface area contributed by atoms with Gasteiger partial charge in [-0.2, -0.15) is 4.98 Å². The summed E-state index contributed by atoms with van der Waals surface area (Å²) in [6, 6.07) is 1.93. The number of nitrogens with zero attached hydrogens (tertiary/aromatic N) is 6. The van der Waals surface area contributed by atoms with Crippen molar-refractivity contribution in [1.29, 1.82) is 0 Å². The van der Waals surface area contributed by atoms with Gasteiger partial charge >= 0.3 is 0 Å². The average molecular weight is 324 g/mol.